The molecule has 1 nitrogen and oxygen atoms in total. The van der Waals surface area contributed by atoms with Crippen LogP contribution < -0.4 is 0 Å². The first kappa shape index (κ1) is 9.69. The first-order valence-electron chi connectivity index (χ1n) is 4.58. The third-order valence-corrected chi connectivity index (χ3v) is 4.82. The molecule has 1 aliphatic rings. The number of hydrogen-bond donors (Lipinski definition) is 0. The Kier molecular flexibility index (Phi) is 3.06. The summed E-state index contributed by atoms with van der Waals surface area (Å²) in [5.74, 6) is 0.673. The monoisotopic (exact) mass is 260 g/mol. The Bertz CT molecular complexity index is 260. The molecular weight excluding hydrogens is 248 g/mol. The second-order valence-electron chi connectivity index (χ2n) is 3.52. The molecule has 0 saturated carbocycles. The molecular formula is C10H13BrOS. The average molecular weight is 261 g/mol. The number of alkyl halides is 1. The van der Waals surface area contributed by atoms with E-state index in [-0.39, 0.29) is 0 Å². The van der Waals surface area contributed by atoms with Crippen molar-refractivity contribution in [3.63, 3.8) is 0 Å². The molecule has 3 heteroatoms. The maximum atomic E-state index is 5.71. The minimum atomic E-state index is 0.360. The minimum absolute atomic E-state index is 0.360. The van der Waals surface area contributed by atoms with Gasteiger partial charge in [-0.3, -0.25) is 0 Å². The van der Waals surface area contributed by atoms with Gasteiger partial charge < -0.3 is 4.74 Å². The highest BCUT2D eigenvalue weighted by molar-refractivity contribution is 9.09. The van der Waals surface area contributed by atoms with Gasteiger partial charge in [0, 0.05) is 11.5 Å². The van der Waals surface area contributed by atoms with Crippen LogP contribution in [0, 0.1) is 5.92 Å². The van der Waals surface area contributed by atoms with Crippen LogP contribution in [-0.4, -0.2) is 12.7 Å². The lowest BCUT2D eigenvalue weighted by Crippen LogP contribution is -2.18. The van der Waals surface area contributed by atoms with Gasteiger partial charge in [0.2, 0.25) is 0 Å². The summed E-state index contributed by atoms with van der Waals surface area (Å²) in [6, 6.07) is 4.26. The third kappa shape index (κ3) is 1.97. The summed E-state index contributed by atoms with van der Waals surface area (Å²) < 4.78 is 5.71. The third-order valence-electron chi connectivity index (χ3n) is 2.55. The Morgan fingerprint density at radius 2 is 2.54 bits per heavy atom. The number of thiophene rings is 1. The van der Waals surface area contributed by atoms with Crippen molar-refractivity contribution < 1.29 is 4.74 Å². The van der Waals surface area contributed by atoms with E-state index < -0.39 is 0 Å². The number of ether oxygens (including phenoxy) is 1. The van der Waals surface area contributed by atoms with E-state index in [2.05, 4.69) is 40.4 Å². The fraction of sp³-hybridized carbons (Fsp3) is 0.600. The van der Waals surface area contributed by atoms with Crippen LogP contribution in [0.2, 0.25) is 0 Å². The molecule has 0 aliphatic carbocycles. The zero-order valence-electron chi connectivity index (χ0n) is 7.57. The normalized spacial score (nSPS) is 30.6. The van der Waals surface area contributed by atoms with Gasteiger partial charge in [-0.15, -0.1) is 11.3 Å². The first-order valence-corrected chi connectivity index (χ1v) is 6.37. The maximum Gasteiger partial charge on any atom is 0.0775 e. The van der Waals surface area contributed by atoms with Crippen LogP contribution in [-0.2, 0) is 4.74 Å². The van der Waals surface area contributed by atoms with Crippen molar-refractivity contribution in [1.82, 2.24) is 0 Å². The van der Waals surface area contributed by atoms with Crippen LogP contribution in [0.5, 0.6) is 0 Å². The molecule has 2 heterocycles. The van der Waals surface area contributed by atoms with E-state index in [4.69, 9.17) is 4.74 Å². The van der Waals surface area contributed by atoms with Crippen molar-refractivity contribution in [3.05, 3.63) is 22.4 Å². The molecule has 3 unspecified atom stereocenters. The summed E-state index contributed by atoms with van der Waals surface area (Å²) in [6.45, 7) is 3.18. The van der Waals surface area contributed by atoms with Crippen LogP contribution >= 0.6 is 27.3 Å². The topological polar surface area (TPSA) is 9.23 Å². The Balaban J connectivity index is 2.08. The molecule has 3 atom stereocenters. The molecule has 0 spiro atoms. The van der Waals surface area contributed by atoms with E-state index in [1.54, 1.807) is 11.3 Å². The molecule has 72 valence electrons. The molecule has 1 aliphatic heterocycles. The highest BCUT2D eigenvalue weighted by atomic mass is 79.9. The van der Waals surface area contributed by atoms with Gasteiger partial charge >= 0.3 is 0 Å². The standard InChI is InChI=1S/C10H13BrOS/c1-7-4-5-12-10(7)9(11)8-3-2-6-13-8/h2-3,6-7,9-10H,4-5H2,1H3. The number of hydrogen-bond acceptors (Lipinski definition) is 2. The molecule has 0 radical (unpaired) electrons. The van der Waals surface area contributed by atoms with Crippen molar-refractivity contribution in [2.24, 2.45) is 5.92 Å². The van der Waals surface area contributed by atoms with Crippen molar-refractivity contribution in [1.29, 1.82) is 0 Å². The van der Waals surface area contributed by atoms with Gasteiger partial charge in [-0.1, -0.05) is 28.9 Å². The molecule has 1 aromatic heterocycles. The smallest absolute Gasteiger partial charge is 0.0775 e. The van der Waals surface area contributed by atoms with Crippen LogP contribution in [0.3, 0.4) is 0 Å². The Morgan fingerprint density at radius 1 is 1.69 bits per heavy atom. The zero-order valence-corrected chi connectivity index (χ0v) is 9.98. The predicted molar refractivity (Wildman–Crippen MR) is 59.5 cm³/mol. The summed E-state index contributed by atoms with van der Waals surface area (Å²) >= 11 is 5.51. The summed E-state index contributed by atoms with van der Waals surface area (Å²) in [4.78, 5) is 1.75. The molecule has 1 aromatic rings. The van der Waals surface area contributed by atoms with Crippen LogP contribution in [0.15, 0.2) is 17.5 Å². The summed E-state index contributed by atoms with van der Waals surface area (Å²) in [7, 11) is 0. The van der Waals surface area contributed by atoms with E-state index in [0.29, 0.717) is 16.8 Å². The maximum absolute atomic E-state index is 5.71. The molecule has 0 aromatic carbocycles. The zero-order chi connectivity index (χ0) is 9.26. The van der Waals surface area contributed by atoms with E-state index in [9.17, 15) is 0 Å². The second kappa shape index (κ2) is 4.11. The van der Waals surface area contributed by atoms with Gasteiger partial charge in [0.25, 0.3) is 0 Å². The molecule has 0 bridgehead atoms. The van der Waals surface area contributed by atoms with Crippen molar-refractivity contribution in [2.45, 2.75) is 24.3 Å². The van der Waals surface area contributed by atoms with E-state index >= 15 is 0 Å². The van der Waals surface area contributed by atoms with Gasteiger partial charge in [-0.2, -0.15) is 0 Å². The molecule has 13 heavy (non-hydrogen) atoms. The van der Waals surface area contributed by atoms with Gasteiger partial charge in [-0.05, 0) is 23.8 Å². The van der Waals surface area contributed by atoms with Crippen LogP contribution in [0.4, 0.5) is 0 Å². The average Bonchev–Trinajstić information content (AvgIpc) is 2.72. The summed E-state index contributed by atoms with van der Waals surface area (Å²) in [5.41, 5.74) is 0. The summed E-state index contributed by atoms with van der Waals surface area (Å²) in [6.07, 6.45) is 1.55. The predicted octanol–water partition coefficient (Wildman–Crippen LogP) is 3.61. The van der Waals surface area contributed by atoms with Gasteiger partial charge in [0.05, 0.1) is 10.9 Å². The largest absolute Gasteiger partial charge is 0.376 e. The molecule has 0 N–H and O–H groups in total. The lowest BCUT2D eigenvalue weighted by Gasteiger charge is -2.19. The Labute approximate surface area is 91.2 Å². The number of rotatable bonds is 2. The minimum Gasteiger partial charge on any atom is -0.376 e. The van der Waals surface area contributed by atoms with Crippen molar-refractivity contribution in [2.75, 3.05) is 6.61 Å². The van der Waals surface area contributed by atoms with E-state index in [1.807, 2.05) is 0 Å². The van der Waals surface area contributed by atoms with Crippen molar-refractivity contribution >= 4 is 27.3 Å². The second-order valence-corrected chi connectivity index (χ2v) is 5.48. The highest BCUT2D eigenvalue weighted by Crippen LogP contribution is 2.38. The lowest BCUT2D eigenvalue weighted by atomic mass is 10.0. The van der Waals surface area contributed by atoms with E-state index in [1.165, 1.54) is 11.3 Å². The highest BCUT2D eigenvalue weighted by Gasteiger charge is 2.31. The molecule has 0 amide bonds. The van der Waals surface area contributed by atoms with Crippen molar-refractivity contribution in [3.8, 4) is 0 Å². The van der Waals surface area contributed by atoms with Gasteiger partial charge in [0.15, 0.2) is 0 Å². The fourth-order valence-electron chi connectivity index (χ4n) is 1.70. The fourth-order valence-corrected chi connectivity index (χ4v) is 3.59. The first-order chi connectivity index (χ1) is 6.29. The van der Waals surface area contributed by atoms with Gasteiger partial charge in [-0.25, -0.2) is 0 Å². The Morgan fingerprint density at radius 3 is 3.08 bits per heavy atom. The molecule has 2 rings (SSSR count). The lowest BCUT2D eigenvalue weighted by molar-refractivity contribution is 0.0941. The summed E-state index contributed by atoms with van der Waals surface area (Å²) in [5, 5.41) is 2.11. The van der Waals surface area contributed by atoms with E-state index in [0.717, 1.165) is 6.61 Å². The quantitative estimate of drug-likeness (QED) is 0.739. The van der Waals surface area contributed by atoms with Crippen LogP contribution in [0.1, 0.15) is 23.0 Å². The SMILES string of the molecule is CC1CCOC1C(Br)c1cccs1. The molecule has 1 saturated heterocycles. The molecule has 1 fully saturated rings. The Hall–Kier alpha value is 0.140. The number of halogens is 1. The van der Waals surface area contributed by atoms with Gasteiger partial charge in [0.1, 0.15) is 0 Å². The van der Waals surface area contributed by atoms with Crippen LogP contribution in [0.25, 0.3) is 0 Å².